The van der Waals surface area contributed by atoms with Crippen LogP contribution < -0.4 is 5.32 Å². The second-order valence-electron chi connectivity index (χ2n) is 4.76. The van der Waals surface area contributed by atoms with E-state index in [4.69, 9.17) is 4.74 Å². The van der Waals surface area contributed by atoms with Crippen molar-refractivity contribution in [2.24, 2.45) is 5.92 Å². The first-order chi connectivity index (χ1) is 8.70. The highest BCUT2D eigenvalue weighted by atomic mass is 79.9. The maximum Gasteiger partial charge on any atom is 0.0494 e. The van der Waals surface area contributed by atoms with Crippen LogP contribution in [-0.4, -0.2) is 26.8 Å². The first-order valence-corrected chi connectivity index (χ1v) is 7.44. The number of hydrogen-bond acceptors (Lipinski definition) is 2. The molecule has 0 aliphatic heterocycles. The van der Waals surface area contributed by atoms with E-state index < -0.39 is 0 Å². The Labute approximate surface area is 119 Å². The van der Waals surface area contributed by atoms with Gasteiger partial charge in [0, 0.05) is 30.7 Å². The van der Waals surface area contributed by atoms with Crippen LogP contribution in [-0.2, 0) is 4.74 Å². The van der Waals surface area contributed by atoms with Gasteiger partial charge in [-0.1, -0.05) is 48.0 Å². The molecule has 2 atom stereocenters. The molecule has 0 fully saturated rings. The lowest BCUT2D eigenvalue weighted by Crippen LogP contribution is -2.28. The standard InChI is InChI=1S/C15H24BrNO/c1-4-9-17-10-14(12(2)11-18-3)13-7-5-6-8-15(13)16/h5-8,12,14,17H,4,9-11H2,1-3H3. The Kier molecular flexibility index (Phi) is 7.56. The molecule has 1 N–H and O–H groups in total. The summed E-state index contributed by atoms with van der Waals surface area (Å²) in [5.41, 5.74) is 1.37. The van der Waals surface area contributed by atoms with Crippen LogP contribution in [0.4, 0.5) is 0 Å². The molecule has 0 aliphatic rings. The van der Waals surface area contributed by atoms with Crippen molar-refractivity contribution < 1.29 is 4.74 Å². The molecule has 0 saturated carbocycles. The summed E-state index contributed by atoms with van der Waals surface area (Å²) in [6, 6.07) is 8.48. The third-order valence-corrected chi connectivity index (χ3v) is 3.93. The van der Waals surface area contributed by atoms with Crippen LogP contribution in [0.2, 0.25) is 0 Å². The number of ether oxygens (including phenoxy) is 1. The fourth-order valence-electron chi connectivity index (χ4n) is 2.21. The van der Waals surface area contributed by atoms with Crippen molar-refractivity contribution in [1.29, 1.82) is 0 Å². The highest BCUT2D eigenvalue weighted by Gasteiger charge is 2.20. The second kappa shape index (κ2) is 8.68. The zero-order chi connectivity index (χ0) is 13.4. The molecule has 102 valence electrons. The molecule has 0 radical (unpaired) electrons. The van der Waals surface area contributed by atoms with Gasteiger partial charge in [0.05, 0.1) is 0 Å². The normalized spacial score (nSPS) is 14.4. The summed E-state index contributed by atoms with van der Waals surface area (Å²) in [7, 11) is 1.77. The van der Waals surface area contributed by atoms with Gasteiger partial charge in [-0.15, -0.1) is 0 Å². The number of methoxy groups -OCH3 is 1. The van der Waals surface area contributed by atoms with Gasteiger partial charge in [0.25, 0.3) is 0 Å². The Morgan fingerprint density at radius 2 is 2.06 bits per heavy atom. The molecule has 2 unspecified atom stereocenters. The Balaban J connectivity index is 2.79. The van der Waals surface area contributed by atoms with E-state index in [1.165, 1.54) is 16.5 Å². The Morgan fingerprint density at radius 1 is 1.33 bits per heavy atom. The van der Waals surface area contributed by atoms with Gasteiger partial charge in [-0.2, -0.15) is 0 Å². The second-order valence-corrected chi connectivity index (χ2v) is 5.62. The summed E-state index contributed by atoms with van der Waals surface area (Å²) in [5, 5.41) is 3.52. The molecule has 2 nitrogen and oxygen atoms in total. The van der Waals surface area contributed by atoms with Crippen molar-refractivity contribution in [1.82, 2.24) is 5.32 Å². The first-order valence-electron chi connectivity index (χ1n) is 6.64. The van der Waals surface area contributed by atoms with Gasteiger partial charge in [0.2, 0.25) is 0 Å². The fraction of sp³-hybridized carbons (Fsp3) is 0.600. The van der Waals surface area contributed by atoms with E-state index in [-0.39, 0.29) is 0 Å². The molecular weight excluding hydrogens is 290 g/mol. The third kappa shape index (κ3) is 4.71. The average molecular weight is 314 g/mol. The molecule has 0 aliphatic carbocycles. The molecule has 0 bridgehead atoms. The van der Waals surface area contributed by atoms with Crippen LogP contribution in [0, 0.1) is 5.92 Å². The van der Waals surface area contributed by atoms with Gasteiger partial charge in [-0.3, -0.25) is 0 Å². The lowest BCUT2D eigenvalue weighted by atomic mass is 9.87. The van der Waals surface area contributed by atoms with Crippen LogP contribution in [0.5, 0.6) is 0 Å². The van der Waals surface area contributed by atoms with Gasteiger partial charge in [0.15, 0.2) is 0 Å². The predicted molar refractivity (Wildman–Crippen MR) is 81.1 cm³/mol. The number of halogens is 1. The molecule has 3 heteroatoms. The zero-order valence-corrected chi connectivity index (χ0v) is 13.2. The van der Waals surface area contributed by atoms with Crippen molar-refractivity contribution in [2.45, 2.75) is 26.2 Å². The van der Waals surface area contributed by atoms with Crippen LogP contribution in [0.15, 0.2) is 28.7 Å². The van der Waals surface area contributed by atoms with Crippen LogP contribution >= 0.6 is 15.9 Å². The molecular formula is C15H24BrNO. The maximum atomic E-state index is 5.31. The monoisotopic (exact) mass is 313 g/mol. The van der Waals surface area contributed by atoms with E-state index in [0.29, 0.717) is 11.8 Å². The van der Waals surface area contributed by atoms with Crippen molar-refractivity contribution in [3.05, 3.63) is 34.3 Å². The minimum atomic E-state index is 0.479. The van der Waals surface area contributed by atoms with Crippen molar-refractivity contribution in [2.75, 3.05) is 26.8 Å². The fourth-order valence-corrected chi connectivity index (χ4v) is 2.79. The van der Waals surface area contributed by atoms with Crippen molar-refractivity contribution >= 4 is 15.9 Å². The summed E-state index contributed by atoms with van der Waals surface area (Å²) >= 11 is 3.66. The van der Waals surface area contributed by atoms with Gasteiger partial charge in [-0.25, -0.2) is 0 Å². The highest BCUT2D eigenvalue weighted by molar-refractivity contribution is 9.10. The summed E-state index contributed by atoms with van der Waals surface area (Å²) in [5.74, 6) is 0.977. The van der Waals surface area contributed by atoms with Crippen LogP contribution in [0.25, 0.3) is 0 Å². The van der Waals surface area contributed by atoms with E-state index in [0.717, 1.165) is 19.7 Å². The number of rotatable bonds is 8. The lowest BCUT2D eigenvalue weighted by molar-refractivity contribution is 0.146. The van der Waals surface area contributed by atoms with E-state index in [2.05, 4.69) is 59.4 Å². The summed E-state index contributed by atoms with van der Waals surface area (Å²) in [6.45, 7) is 7.31. The van der Waals surface area contributed by atoms with Gasteiger partial charge in [-0.05, 0) is 30.5 Å². The topological polar surface area (TPSA) is 21.3 Å². The van der Waals surface area contributed by atoms with Crippen LogP contribution in [0.3, 0.4) is 0 Å². The molecule has 0 aromatic heterocycles. The molecule has 0 spiro atoms. The highest BCUT2D eigenvalue weighted by Crippen LogP contribution is 2.30. The largest absolute Gasteiger partial charge is 0.384 e. The van der Waals surface area contributed by atoms with Crippen LogP contribution in [0.1, 0.15) is 31.7 Å². The maximum absolute atomic E-state index is 5.31. The molecule has 0 amide bonds. The smallest absolute Gasteiger partial charge is 0.0494 e. The summed E-state index contributed by atoms with van der Waals surface area (Å²) < 4.78 is 6.50. The van der Waals surface area contributed by atoms with Gasteiger partial charge < -0.3 is 10.1 Å². The molecule has 0 heterocycles. The third-order valence-electron chi connectivity index (χ3n) is 3.21. The van der Waals surface area contributed by atoms with E-state index >= 15 is 0 Å². The summed E-state index contributed by atoms with van der Waals surface area (Å²) in [4.78, 5) is 0. The predicted octanol–water partition coefficient (Wildman–Crippen LogP) is 3.81. The van der Waals surface area contributed by atoms with Gasteiger partial charge in [0.1, 0.15) is 0 Å². The lowest BCUT2D eigenvalue weighted by Gasteiger charge is -2.25. The Morgan fingerprint density at radius 3 is 2.67 bits per heavy atom. The van der Waals surface area contributed by atoms with Crippen molar-refractivity contribution in [3.63, 3.8) is 0 Å². The zero-order valence-electron chi connectivity index (χ0n) is 11.6. The van der Waals surface area contributed by atoms with E-state index in [1.807, 2.05) is 0 Å². The Hall–Kier alpha value is -0.380. The molecule has 1 aromatic carbocycles. The number of nitrogens with one attached hydrogen (secondary N) is 1. The minimum absolute atomic E-state index is 0.479. The van der Waals surface area contributed by atoms with E-state index in [1.54, 1.807) is 7.11 Å². The average Bonchev–Trinajstić information content (AvgIpc) is 2.36. The number of hydrogen-bond donors (Lipinski definition) is 1. The first kappa shape index (κ1) is 15.7. The van der Waals surface area contributed by atoms with Crippen molar-refractivity contribution in [3.8, 4) is 0 Å². The molecule has 1 aromatic rings. The Bertz CT molecular complexity index is 343. The minimum Gasteiger partial charge on any atom is -0.384 e. The number of benzene rings is 1. The SMILES string of the molecule is CCCNCC(c1ccccc1Br)C(C)COC. The molecule has 1 rings (SSSR count). The summed E-state index contributed by atoms with van der Waals surface area (Å²) in [6.07, 6.45) is 1.17. The van der Waals surface area contributed by atoms with Gasteiger partial charge >= 0.3 is 0 Å². The quantitative estimate of drug-likeness (QED) is 0.737. The van der Waals surface area contributed by atoms with E-state index in [9.17, 15) is 0 Å². The molecule has 0 saturated heterocycles. The molecule has 18 heavy (non-hydrogen) atoms.